The monoisotopic (exact) mass is 349 g/mol. The van der Waals surface area contributed by atoms with Crippen molar-refractivity contribution < 1.29 is 9.53 Å². The van der Waals surface area contributed by atoms with Crippen LogP contribution in [0.5, 0.6) is 5.75 Å². The fourth-order valence-electron chi connectivity index (χ4n) is 2.61. The molecule has 0 bridgehead atoms. The average Bonchev–Trinajstić information content (AvgIpc) is 3.24. The van der Waals surface area contributed by atoms with Crippen LogP contribution in [0.1, 0.15) is 10.4 Å². The van der Waals surface area contributed by atoms with Crippen LogP contribution in [-0.2, 0) is 0 Å². The Kier molecular flexibility index (Phi) is 3.95. The van der Waals surface area contributed by atoms with Gasteiger partial charge in [-0.25, -0.2) is 4.98 Å². The van der Waals surface area contributed by atoms with E-state index < -0.39 is 0 Å². The third-order valence-corrected chi connectivity index (χ3v) is 4.67. The SMILES string of the molecule is COc1ccc(C(=O)Nc2ccccc2-c2cn3ccsc3n2)cc1. The molecule has 0 aliphatic heterocycles. The van der Waals surface area contributed by atoms with E-state index in [1.807, 2.05) is 46.4 Å². The van der Waals surface area contributed by atoms with Gasteiger partial charge in [0.2, 0.25) is 0 Å². The smallest absolute Gasteiger partial charge is 0.255 e. The van der Waals surface area contributed by atoms with Crippen molar-refractivity contribution in [2.45, 2.75) is 0 Å². The first-order valence-corrected chi connectivity index (χ1v) is 8.59. The number of aromatic nitrogens is 2. The second-order valence-corrected chi connectivity index (χ2v) is 6.32. The van der Waals surface area contributed by atoms with Crippen molar-refractivity contribution in [3.8, 4) is 17.0 Å². The molecule has 0 unspecified atom stereocenters. The van der Waals surface area contributed by atoms with Crippen LogP contribution in [0.4, 0.5) is 5.69 Å². The molecule has 1 N–H and O–H groups in total. The summed E-state index contributed by atoms with van der Waals surface area (Å²) in [6, 6.07) is 14.7. The molecule has 2 heterocycles. The third kappa shape index (κ3) is 2.99. The molecule has 0 aliphatic carbocycles. The van der Waals surface area contributed by atoms with Gasteiger partial charge in [0.1, 0.15) is 5.75 Å². The van der Waals surface area contributed by atoms with Crippen molar-refractivity contribution in [1.82, 2.24) is 9.38 Å². The molecule has 0 spiro atoms. The minimum absolute atomic E-state index is 0.170. The Hall–Kier alpha value is -3.12. The molecule has 4 aromatic rings. The molecule has 0 fully saturated rings. The highest BCUT2D eigenvalue weighted by Gasteiger charge is 2.13. The first-order chi connectivity index (χ1) is 12.2. The number of fused-ring (bicyclic) bond motifs is 1. The Morgan fingerprint density at radius 1 is 1.16 bits per heavy atom. The van der Waals surface area contributed by atoms with Crippen molar-refractivity contribution in [3.05, 3.63) is 71.9 Å². The van der Waals surface area contributed by atoms with Crippen molar-refractivity contribution in [1.29, 1.82) is 0 Å². The lowest BCUT2D eigenvalue weighted by molar-refractivity contribution is 0.102. The van der Waals surface area contributed by atoms with E-state index >= 15 is 0 Å². The van der Waals surface area contributed by atoms with Crippen molar-refractivity contribution in [2.75, 3.05) is 12.4 Å². The lowest BCUT2D eigenvalue weighted by Crippen LogP contribution is -2.12. The summed E-state index contributed by atoms with van der Waals surface area (Å²) < 4.78 is 7.10. The third-order valence-electron chi connectivity index (χ3n) is 3.90. The minimum Gasteiger partial charge on any atom is -0.497 e. The van der Waals surface area contributed by atoms with Crippen LogP contribution < -0.4 is 10.1 Å². The Labute approximate surface area is 148 Å². The lowest BCUT2D eigenvalue weighted by Gasteiger charge is -2.10. The molecule has 5 nitrogen and oxygen atoms in total. The zero-order valence-corrected chi connectivity index (χ0v) is 14.3. The number of hydrogen-bond acceptors (Lipinski definition) is 4. The second kappa shape index (κ2) is 6.41. The summed E-state index contributed by atoms with van der Waals surface area (Å²) in [6.45, 7) is 0. The van der Waals surface area contributed by atoms with Gasteiger partial charge >= 0.3 is 0 Å². The van der Waals surface area contributed by atoms with Crippen LogP contribution in [0.25, 0.3) is 16.2 Å². The van der Waals surface area contributed by atoms with Crippen LogP contribution in [-0.4, -0.2) is 22.4 Å². The highest BCUT2D eigenvalue weighted by atomic mass is 32.1. The first-order valence-electron chi connectivity index (χ1n) is 7.71. The quantitative estimate of drug-likeness (QED) is 0.597. The number of hydrogen-bond donors (Lipinski definition) is 1. The summed E-state index contributed by atoms with van der Waals surface area (Å²) >= 11 is 1.58. The van der Waals surface area contributed by atoms with E-state index in [1.165, 1.54) is 0 Å². The van der Waals surface area contributed by atoms with Crippen LogP contribution in [0.2, 0.25) is 0 Å². The molecule has 2 aromatic heterocycles. The van der Waals surface area contributed by atoms with Crippen molar-refractivity contribution >= 4 is 27.9 Å². The number of amides is 1. The van der Waals surface area contributed by atoms with E-state index in [0.717, 1.165) is 27.7 Å². The Bertz CT molecular complexity index is 1010. The molecule has 4 rings (SSSR count). The molecular formula is C19H15N3O2S. The molecule has 1 amide bonds. The summed E-state index contributed by atoms with van der Waals surface area (Å²) in [5, 5.41) is 4.96. The summed E-state index contributed by atoms with van der Waals surface area (Å²) in [6.07, 6.45) is 3.93. The van der Waals surface area contributed by atoms with Gasteiger partial charge in [-0.3, -0.25) is 9.20 Å². The molecule has 0 saturated carbocycles. The zero-order valence-electron chi connectivity index (χ0n) is 13.5. The average molecular weight is 349 g/mol. The number of carbonyl (C=O) groups excluding carboxylic acids is 1. The maximum absolute atomic E-state index is 12.5. The number of thiazole rings is 1. The van der Waals surface area contributed by atoms with E-state index in [9.17, 15) is 4.79 Å². The summed E-state index contributed by atoms with van der Waals surface area (Å²) in [4.78, 5) is 18.1. The number of para-hydroxylation sites is 1. The predicted octanol–water partition coefficient (Wildman–Crippen LogP) is 4.32. The Morgan fingerprint density at radius 3 is 2.72 bits per heavy atom. The van der Waals surface area contributed by atoms with Gasteiger partial charge in [-0.15, -0.1) is 11.3 Å². The summed E-state index contributed by atoms with van der Waals surface area (Å²) in [5.41, 5.74) is 3.02. The van der Waals surface area contributed by atoms with Gasteiger partial charge < -0.3 is 10.1 Å². The molecule has 25 heavy (non-hydrogen) atoms. The Morgan fingerprint density at radius 2 is 1.96 bits per heavy atom. The number of carbonyl (C=O) groups is 1. The fourth-order valence-corrected chi connectivity index (χ4v) is 3.31. The van der Waals surface area contributed by atoms with Gasteiger partial charge in [0, 0.05) is 28.9 Å². The number of methoxy groups -OCH3 is 1. The zero-order chi connectivity index (χ0) is 17.2. The molecule has 0 atom stereocenters. The van der Waals surface area contributed by atoms with Crippen molar-refractivity contribution in [3.63, 3.8) is 0 Å². The number of nitrogens with one attached hydrogen (secondary N) is 1. The number of imidazole rings is 1. The van der Waals surface area contributed by atoms with E-state index in [1.54, 1.807) is 42.7 Å². The highest BCUT2D eigenvalue weighted by Crippen LogP contribution is 2.28. The van der Waals surface area contributed by atoms with E-state index in [2.05, 4.69) is 10.3 Å². The van der Waals surface area contributed by atoms with E-state index in [4.69, 9.17) is 4.74 Å². The van der Waals surface area contributed by atoms with Gasteiger partial charge in [0.05, 0.1) is 18.5 Å². The van der Waals surface area contributed by atoms with E-state index in [0.29, 0.717) is 5.56 Å². The highest BCUT2D eigenvalue weighted by molar-refractivity contribution is 7.15. The molecule has 124 valence electrons. The van der Waals surface area contributed by atoms with Crippen molar-refractivity contribution in [2.24, 2.45) is 0 Å². The van der Waals surface area contributed by atoms with Gasteiger partial charge in [0.15, 0.2) is 4.96 Å². The van der Waals surface area contributed by atoms with Crippen LogP contribution >= 0.6 is 11.3 Å². The molecule has 2 aromatic carbocycles. The van der Waals surface area contributed by atoms with Crippen LogP contribution in [0, 0.1) is 0 Å². The first kappa shape index (κ1) is 15.4. The lowest BCUT2D eigenvalue weighted by atomic mass is 10.1. The molecule has 0 saturated heterocycles. The van der Waals surface area contributed by atoms with Crippen LogP contribution in [0.15, 0.2) is 66.3 Å². The molecular weight excluding hydrogens is 334 g/mol. The molecule has 6 heteroatoms. The molecule has 0 aliphatic rings. The minimum atomic E-state index is -0.170. The largest absolute Gasteiger partial charge is 0.497 e. The molecule has 0 radical (unpaired) electrons. The van der Waals surface area contributed by atoms with Gasteiger partial charge in [0.25, 0.3) is 5.91 Å². The van der Waals surface area contributed by atoms with Gasteiger partial charge in [-0.05, 0) is 30.3 Å². The standard InChI is InChI=1S/C19H15N3O2S/c1-24-14-8-6-13(7-9-14)18(23)20-16-5-3-2-4-15(16)17-12-22-10-11-25-19(22)21-17/h2-12H,1H3,(H,20,23). The Balaban J connectivity index is 1.64. The predicted molar refractivity (Wildman–Crippen MR) is 99.5 cm³/mol. The fraction of sp³-hybridized carbons (Fsp3) is 0.0526. The van der Waals surface area contributed by atoms with Gasteiger partial charge in [-0.2, -0.15) is 0 Å². The van der Waals surface area contributed by atoms with Crippen LogP contribution in [0.3, 0.4) is 0 Å². The maximum atomic E-state index is 12.5. The number of nitrogens with zero attached hydrogens (tertiary/aromatic N) is 2. The summed E-state index contributed by atoms with van der Waals surface area (Å²) in [7, 11) is 1.60. The van der Waals surface area contributed by atoms with E-state index in [-0.39, 0.29) is 5.91 Å². The normalized spacial score (nSPS) is 10.8. The topological polar surface area (TPSA) is 55.6 Å². The number of benzene rings is 2. The number of ether oxygens (including phenoxy) is 1. The number of rotatable bonds is 4. The summed E-state index contributed by atoms with van der Waals surface area (Å²) in [5.74, 6) is 0.547. The van der Waals surface area contributed by atoms with Gasteiger partial charge in [-0.1, -0.05) is 18.2 Å². The maximum Gasteiger partial charge on any atom is 0.255 e. The number of anilines is 1. The second-order valence-electron chi connectivity index (χ2n) is 5.45.